The second kappa shape index (κ2) is 5.00. The summed E-state index contributed by atoms with van der Waals surface area (Å²) in [6.07, 6.45) is 6.02. The summed E-state index contributed by atoms with van der Waals surface area (Å²) >= 11 is 2.23. The van der Waals surface area contributed by atoms with Crippen LogP contribution in [-0.4, -0.2) is 31.4 Å². The zero-order chi connectivity index (χ0) is 12.5. The van der Waals surface area contributed by atoms with E-state index in [0.717, 1.165) is 23.4 Å². The fraction of sp³-hybridized carbons (Fsp3) is 0.500. The topological polar surface area (TPSA) is 54.8 Å². The van der Waals surface area contributed by atoms with Crippen LogP contribution in [0.15, 0.2) is 18.6 Å². The molecule has 0 saturated carbocycles. The van der Waals surface area contributed by atoms with Gasteiger partial charge in [0, 0.05) is 24.8 Å². The van der Waals surface area contributed by atoms with Gasteiger partial charge in [-0.1, -0.05) is 0 Å². The van der Waals surface area contributed by atoms with Crippen molar-refractivity contribution in [2.24, 2.45) is 0 Å². The van der Waals surface area contributed by atoms with E-state index >= 15 is 0 Å². The van der Waals surface area contributed by atoms with Crippen LogP contribution in [0.1, 0.15) is 19.8 Å². The highest BCUT2D eigenvalue weighted by Crippen LogP contribution is 2.23. The second-order valence-electron chi connectivity index (χ2n) is 4.81. The standard InChI is InChI=1S/C12H16IN5/c1-8-2-3-9(6-14-8)17-11-10-4-5-18(13)12(10)16-7-15-11/h4-5,7-9,14H,2-3,6H2,1H3,(H,15,16,17)/t8-,9+/m0/s1. The monoisotopic (exact) mass is 357 g/mol. The molecule has 2 aromatic rings. The van der Waals surface area contributed by atoms with Gasteiger partial charge in [0.15, 0.2) is 5.65 Å². The molecule has 2 aromatic heterocycles. The summed E-state index contributed by atoms with van der Waals surface area (Å²) in [4.78, 5) is 8.66. The number of rotatable bonds is 2. The van der Waals surface area contributed by atoms with E-state index in [2.05, 4.69) is 56.5 Å². The molecular formula is C12H16IN5. The van der Waals surface area contributed by atoms with Crippen LogP contribution in [0.25, 0.3) is 11.0 Å². The fourth-order valence-electron chi connectivity index (χ4n) is 2.35. The van der Waals surface area contributed by atoms with Crippen molar-refractivity contribution >= 4 is 39.7 Å². The molecule has 0 amide bonds. The number of aromatic nitrogens is 3. The van der Waals surface area contributed by atoms with Crippen molar-refractivity contribution < 1.29 is 0 Å². The minimum Gasteiger partial charge on any atom is -0.365 e. The molecule has 18 heavy (non-hydrogen) atoms. The van der Waals surface area contributed by atoms with Gasteiger partial charge in [-0.3, -0.25) is 2.78 Å². The highest BCUT2D eigenvalue weighted by atomic mass is 127. The zero-order valence-corrected chi connectivity index (χ0v) is 12.4. The number of hydrogen-bond donors (Lipinski definition) is 2. The lowest BCUT2D eigenvalue weighted by Gasteiger charge is -2.28. The number of hydrogen-bond acceptors (Lipinski definition) is 4. The van der Waals surface area contributed by atoms with Crippen molar-refractivity contribution in [1.82, 2.24) is 18.1 Å². The van der Waals surface area contributed by atoms with Gasteiger partial charge >= 0.3 is 0 Å². The summed E-state index contributed by atoms with van der Waals surface area (Å²) in [6.45, 7) is 3.23. The first-order chi connectivity index (χ1) is 8.74. The van der Waals surface area contributed by atoms with Crippen molar-refractivity contribution in [2.45, 2.75) is 31.8 Å². The number of nitrogens with zero attached hydrogens (tertiary/aromatic N) is 3. The fourth-order valence-corrected chi connectivity index (χ4v) is 2.90. The summed E-state index contributed by atoms with van der Waals surface area (Å²) in [5, 5.41) is 8.11. The van der Waals surface area contributed by atoms with E-state index < -0.39 is 0 Å². The quantitative estimate of drug-likeness (QED) is 0.809. The summed E-state index contributed by atoms with van der Waals surface area (Å²) in [7, 11) is 0. The predicted octanol–water partition coefficient (Wildman–Crippen LogP) is 2.18. The first kappa shape index (κ1) is 12.2. The maximum absolute atomic E-state index is 4.37. The van der Waals surface area contributed by atoms with Crippen molar-refractivity contribution in [3.8, 4) is 0 Å². The van der Waals surface area contributed by atoms with Crippen molar-refractivity contribution in [2.75, 3.05) is 11.9 Å². The van der Waals surface area contributed by atoms with Crippen molar-refractivity contribution in [3.05, 3.63) is 18.6 Å². The van der Waals surface area contributed by atoms with Gasteiger partial charge in [0.1, 0.15) is 12.1 Å². The normalized spacial score (nSPS) is 24.3. The summed E-state index contributed by atoms with van der Waals surface area (Å²) in [6, 6.07) is 3.14. The molecule has 3 rings (SSSR count). The molecule has 0 spiro atoms. The second-order valence-corrected chi connectivity index (χ2v) is 5.85. The van der Waals surface area contributed by atoms with Crippen LogP contribution in [0.3, 0.4) is 0 Å². The number of fused-ring (bicyclic) bond motifs is 1. The van der Waals surface area contributed by atoms with Gasteiger partial charge in [0.2, 0.25) is 0 Å². The Balaban J connectivity index is 1.82. The maximum atomic E-state index is 4.37. The SMILES string of the molecule is C[C@H]1CC[C@@H](Nc2ncnc3c2ccn3I)CN1. The first-order valence-electron chi connectivity index (χ1n) is 6.22. The van der Waals surface area contributed by atoms with E-state index in [9.17, 15) is 0 Å². The van der Waals surface area contributed by atoms with Crippen molar-refractivity contribution in [1.29, 1.82) is 0 Å². The Kier molecular flexibility index (Phi) is 3.38. The van der Waals surface area contributed by atoms with E-state index in [0.29, 0.717) is 12.1 Å². The van der Waals surface area contributed by atoms with Crippen LogP contribution >= 0.6 is 22.9 Å². The van der Waals surface area contributed by atoms with E-state index in [1.165, 1.54) is 12.8 Å². The molecule has 5 nitrogen and oxygen atoms in total. The Morgan fingerprint density at radius 3 is 3.11 bits per heavy atom. The van der Waals surface area contributed by atoms with Crippen LogP contribution in [0.4, 0.5) is 5.82 Å². The smallest absolute Gasteiger partial charge is 0.154 e. The molecule has 6 heteroatoms. The highest BCUT2D eigenvalue weighted by Gasteiger charge is 2.18. The summed E-state index contributed by atoms with van der Waals surface area (Å²) < 4.78 is 1.99. The Bertz CT molecular complexity index is 544. The maximum Gasteiger partial charge on any atom is 0.154 e. The molecular weight excluding hydrogens is 341 g/mol. The lowest BCUT2D eigenvalue weighted by Crippen LogP contribution is -2.43. The number of anilines is 1. The molecule has 2 N–H and O–H groups in total. The van der Waals surface area contributed by atoms with E-state index in [4.69, 9.17) is 0 Å². The number of halogens is 1. The molecule has 96 valence electrons. The molecule has 1 aliphatic heterocycles. The van der Waals surface area contributed by atoms with Crippen molar-refractivity contribution in [3.63, 3.8) is 0 Å². The molecule has 2 atom stereocenters. The average molecular weight is 357 g/mol. The first-order valence-corrected chi connectivity index (χ1v) is 7.18. The number of nitrogens with one attached hydrogen (secondary N) is 2. The molecule has 1 aliphatic rings. The molecule has 0 radical (unpaired) electrons. The van der Waals surface area contributed by atoms with Gasteiger partial charge in [-0.2, -0.15) is 0 Å². The van der Waals surface area contributed by atoms with Gasteiger partial charge < -0.3 is 10.6 Å². The van der Waals surface area contributed by atoms with Crippen LogP contribution in [0.2, 0.25) is 0 Å². The van der Waals surface area contributed by atoms with Crippen LogP contribution in [0, 0.1) is 0 Å². The molecule has 1 saturated heterocycles. The van der Waals surface area contributed by atoms with Crippen LogP contribution < -0.4 is 10.6 Å². The molecule has 0 aliphatic carbocycles. The summed E-state index contributed by atoms with van der Waals surface area (Å²) in [5.74, 6) is 0.941. The molecule has 1 fully saturated rings. The van der Waals surface area contributed by atoms with Gasteiger partial charge in [-0.05, 0) is 25.8 Å². The Hall–Kier alpha value is -0.890. The molecule has 3 heterocycles. The lowest BCUT2D eigenvalue weighted by atomic mass is 10.0. The third kappa shape index (κ3) is 2.31. The van der Waals surface area contributed by atoms with Gasteiger partial charge in [-0.25, -0.2) is 9.97 Å². The minimum absolute atomic E-state index is 0.455. The predicted molar refractivity (Wildman–Crippen MR) is 81.1 cm³/mol. The highest BCUT2D eigenvalue weighted by molar-refractivity contribution is 14.1. The largest absolute Gasteiger partial charge is 0.365 e. The third-order valence-corrected chi connectivity index (χ3v) is 4.22. The van der Waals surface area contributed by atoms with Crippen LogP contribution in [0.5, 0.6) is 0 Å². The van der Waals surface area contributed by atoms with E-state index in [1.54, 1.807) is 6.33 Å². The molecule has 0 bridgehead atoms. The van der Waals surface area contributed by atoms with Gasteiger partial charge in [0.05, 0.1) is 28.3 Å². The van der Waals surface area contributed by atoms with Gasteiger partial charge in [-0.15, -0.1) is 0 Å². The number of piperidine rings is 1. The average Bonchev–Trinajstić information content (AvgIpc) is 2.76. The Morgan fingerprint density at radius 1 is 1.44 bits per heavy atom. The Labute approximate surface area is 120 Å². The van der Waals surface area contributed by atoms with Crippen LogP contribution in [-0.2, 0) is 0 Å². The summed E-state index contributed by atoms with van der Waals surface area (Å²) in [5.41, 5.74) is 0.963. The molecule has 0 unspecified atom stereocenters. The Morgan fingerprint density at radius 2 is 2.33 bits per heavy atom. The minimum atomic E-state index is 0.455. The van der Waals surface area contributed by atoms with E-state index in [-0.39, 0.29) is 0 Å². The zero-order valence-electron chi connectivity index (χ0n) is 10.2. The molecule has 0 aromatic carbocycles. The lowest BCUT2D eigenvalue weighted by molar-refractivity contribution is 0.398. The third-order valence-electron chi connectivity index (χ3n) is 3.44. The van der Waals surface area contributed by atoms with E-state index in [1.807, 2.05) is 8.98 Å². The van der Waals surface area contributed by atoms with Gasteiger partial charge in [0.25, 0.3) is 0 Å².